The average Bonchev–Trinajstić information content (AvgIpc) is 2.11. The number of rotatable bonds is 1. The second kappa shape index (κ2) is 3.56. The molecule has 0 aliphatic heterocycles. The lowest BCUT2D eigenvalue weighted by Gasteiger charge is -2.16. The number of hydrogen-bond acceptors (Lipinski definition) is 1. The maximum atomic E-state index is 13.4. The van der Waals surface area contributed by atoms with Gasteiger partial charge in [0.15, 0.2) is 11.6 Å². The van der Waals surface area contributed by atoms with Crippen LogP contribution in [-0.4, -0.2) is 0 Å². The highest BCUT2D eigenvalue weighted by Crippen LogP contribution is 2.32. The van der Waals surface area contributed by atoms with Gasteiger partial charge in [-0.15, -0.1) is 0 Å². The Hall–Kier alpha value is -1.12. The van der Waals surface area contributed by atoms with Gasteiger partial charge in [0, 0.05) is 11.3 Å². The third-order valence-corrected chi connectivity index (χ3v) is 2.53. The first-order valence-corrected chi connectivity index (χ1v) is 4.61. The molecule has 14 heavy (non-hydrogen) atoms. The Morgan fingerprint density at radius 2 is 1.43 bits per heavy atom. The van der Waals surface area contributed by atoms with Crippen LogP contribution in [0.3, 0.4) is 0 Å². The molecule has 1 aromatic carbocycles. The highest BCUT2D eigenvalue weighted by atomic mass is 19.2. The molecule has 0 heterocycles. The topological polar surface area (TPSA) is 26.0 Å². The summed E-state index contributed by atoms with van der Waals surface area (Å²) in [5, 5.41) is 0. The fraction of sp³-hybridized carbons (Fsp3) is 0.455. The van der Waals surface area contributed by atoms with Crippen LogP contribution in [0.25, 0.3) is 0 Å². The molecule has 1 rings (SSSR count). The molecular formula is C11H15F2N. The number of halogens is 2. The van der Waals surface area contributed by atoms with Crippen LogP contribution in [0.15, 0.2) is 0 Å². The normalized spacial score (nSPS) is 11.1. The lowest BCUT2D eigenvalue weighted by Crippen LogP contribution is -2.07. The van der Waals surface area contributed by atoms with E-state index in [9.17, 15) is 8.78 Å². The van der Waals surface area contributed by atoms with Crippen LogP contribution in [0.4, 0.5) is 14.5 Å². The molecule has 0 radical (unpaired) electrons. The summed E-state index contributed by atoms with van der Waals surface area (Å²) >= 11 is 0. The minimum Gasteiger partial charge on any atom is -0.398 e. The molecule has 0 saturated carbocycles. The van der Waals surface area contributed by atoms with Crippen LogP contribution in [-0.2, 0) is 0 Å². The standard InChI is InChI=1S/C11H15F2N/c1-5(2)8-6(3)9(12)10(13)7(4)11(8)14/h5H,14H2,1-4H3. The Bertz CT molecular complexity index is 341. The molecule has 0 aromatic heterocycles. The van der Waals surface area contributed by atoms with Gasteiger partial charge in [-0.1, -0.05) is 13.8 Å². The Morgan fingerprint density at radius 3 is 1.86 bits per heavy atom. The molecule has 0 atom stereocenters. The van der Waals surface area contributed by atoms with Gasteiger partial charge < -0.3 is 5.73 Å². The number of nitrogens with two attached hydrogens (primary N) is 1. The summed E-state index contributed by atoms with van der Waals surface area (Å²) in [6.45, 7) is 6.88. The van der Waals surface area contributed by atoms with Crippen molar-refractivity contribution in [1.29, 1.82) is 0 Å². The Labute approximate surface area is 82.9 Å². The first-order chi connectivity index (χ1) is 6.37. The van der Waals surface area contributed by atoms with Crippen LogP contribution in [0, 0.1) is 25.5 Å². The van der Waals surface area contributed by atoms with Crippen molar-refractivity contribution in [3.8, 4) is 0 Å². The van der Waals surface area contributed by atoms with E-state index in [0.717, 1.165) is 0 Å². The molecule has 0 aliphatic carbocycles. The van der Waals surface area contributed by atoms with E-state index in [4.69, 9.17) is 5.73 Å². The van der Waals surface area contributed by atoms with E-state index >= 15 is 0 Å². The first-order valence-electron chi connectivity index (χ1n) is 4.61. The molecule has 3 heteroatoms. The molecule has 0 spiro atoms. The van der Waals surface area contributed by atoms with Crippen LogP contribution < -0.4 is 5.73 Å². The van der Waals surface area contributed by atoms with Gasteiger partial charge in [-0.25, -0.2) is 8.78 Å². The van der Waals surface area contributed by atoms with Crippen molar-refractivity contribution in [3.05, 3.63) is 28.3 Å². The third-order valence-electron chi connectivity index (χ3n) is 2.53. The molecule has 0 saturated heterocycles. The van der Waals surface area contributed by atoms with E-state index in [1.807, 2.05) is 13.8 Å². The molecule has 0 fully saturated rings. The van der Waals surface area contributed by atoms with Crippen molar-refractivity contribution in [2.24, 2.45) is 0 Å². The van der Waals surface area contributed by atoms with Crippen LogP contribution in [0.1, 0.15) is 36.5 Å². The summed E-state index contributed by atoms with van der Waals surface area (Å²) < 4.78 is 26.6. The van der Waals surface area contributed by atoms with E-state index in [1.165, 1.54) is 6.92 Å². The Morgan fingerprint density at radius 1 is 1.00 bits per heavy atom. The van der Waals surface area contributed by atoms with Crippen molar-refractivity contribution in [2.75, 3.05) is 5.73 Å². The summed E-state index contributed by atoms with van der Waals surface area (Å²) in [5.41, 5.74) is 7.35. The van der Waals surface area contributed by atoms with Crippen molar-refractivity contribution < 1.29 is 8.78 Å². The summed E-state index contributed by atoms with van der Waals surface area (Å²) in [5.74, 6) is -1.51. The second-order valence-corrected chi connectivity index (χ2v) is 3.86. The monoisotopic (exact) mass is 199 g/mol. The fourth-order valence-corrected chi connectivity index (χ4v) is 1.71. The smallest absolute Gasteiger partial charge is 0.164 e. The highest BCUT2D eigenvalue weighted by molar-refractivity contribution is 5.58. The van der Waals surface area contributed by atoms with Gasteiger partial charge in [0.1, 0.15) is 0 Å². The lowest BCUT2D eigenvalue weighted by molar-refractivity contribution is 0.495. The van der Waals surface area contributed by atoms with Crippen molar-refractivity contribution in [2.45, 2.75) is 33.6 Å². The van der Waals surface area contributed by atoms with Crippen molar-refractivity contribution >= 4 is 5.69 Å². The van der Waals surface area contributed by atoms with Gasteiger partial charge in [0.05, 0.1) is 0 Å². The number of hydrogen-bond donors (Lipinski definition) is 1. The average molecular weight is 199 g/mol. The van der Waals surface area contributed by atoms with E-state index in [-0.39, 0.29) is 11.5 Å². The summed E-state index contributed by atoms with van der Waals surface area (Å²) in [7, 11) is 0. The van der Waals surface area contributed by atoms with Gasteiger partial charge in [0.25, 0.3) is 0 Å². The lowest BCUT2D eigenvalue weighted by atomic mass is 9.93. The molecule has 2 N–H and O–H groups in total. The number of benzene rings is 1. The molecule has 1 nitrogen and oxygen atoms in total. The van der Waals surface area contributed by atoms with Gasteiger partial charge >= 0.3 is 0 Å². The van der Waals surface area contributed by atoms with E-state index in [0.29, 0.717) is 16.8 Å². The SMILES string of the molecule is Cc1c(N)c(C(C)C)c(C)c(F)c1F. The minimum atomic E-state index is -0.829. The zero-order valence-electron chi connectivity index (χ0n) is 8.91. The van der Waals surface area contributed by atoms with Crippen molar-refractivity contribution in [1.82, 2.24) is 0 Å². The Kier molecular flexibility index (Phi) is 2.79. The zero-order chi connectivity index (χ0) is 11.0. The second-order valence-electron chi connectivity index (χ2n) is 3.86. The van der Waals surface area contributed by atoms with E-state index in [2.05, 4.69) is 0 Å². The summed E-state index contributed by atoms with van der Waals surface area (Å²) in [6.07, 6.45) is 0. The minimum absolute atomic E-state index is 0.101. The molecular weight excluding hydrogens is 184 g/mol. The molecule has 78 valence electrons. The Balaban J connectivity index is 3.60. The first kappa shape index (κ1) is 11.0. The van der Waals surface area contributed by atoms with Gasteiger partial charge in [-0.3, -0.25) is 0 Å². The number of nitrogen functional groups attached to an aromatic ring is 1. The molecule has 1 aromatic rings. The quantitative estimate of drug-likeness (QED) is 0.690. The van der Waals surface area contributed by atoms with Gasteiger partial charge in [-0.2, -0.15) is 0 Å². The summed E-state index contributed by atoms with van der Waals surface area (Å²) in [4.78, 5) is 0. The predicted molar refractivity (Wildman–Crippen MR) is 54.3 cm³/mol. The summed E-state index contributed by atoms with van der Waals surface area (Å²) in [6, 6.07) is 0. The maximum absolute atomic E-state index is 13.4. The molecule has 0 bridgehead atoms. The van der Waals surface area contributed by atoms with E-state index < -0.39 is 11.6 Å². The molecule has 0 aliphatic rings. The third kappa shape index (κ3) is 1.47. The van der Waals surface area contributed by atoms with Gasteiger partial charge in [-0.05, 0) is 30.9 Å². The maximum Gasteiger partial charge on any atom is 0.164 e. The van der Waals surface area contributed by atoms with Crippen LogP contribution in [0.2, 0.25) is 0 Å². The zero-order valence-corrected chi connectivity index (χ0v) is 8.91. The van der Waals surface area contributed by atoms with E-state index in [1.54, 1.807) is 6.92 Å². The molecule has 0 amide bonds. The highest BCUT2D eigenvalue weighted by Gasteiger charge is 2.19. The predicted octanol–water partition coefficient (Wildman–Crippen LogP) is 3.29. The van der Waals surface area contributed by atoms with Crippen LogP contribution >= 0.6 is 0 Å². The molecule has 0 unspecified atom stereocenters. The largest absolute Gasteiger partial charge is 0.398 e. The van der Waals surface area contributed by atoms with Crippen LogP contribution in [0.5, 0.6) is 0 Å². The van der Waals surface area contributed by atoms with Gasteiger partial charge in [0.2, 0.25) is 0 Å². The number of anilines is 1. The fourth-order valence-electron chi connectivity index (χ4n) is 1.71. The van der Waals surface area contributed by atoms with Crippen molar-refractivity contribution in [3.63, 3.8) is 0 Å².